The minimum Gasteiger partial charge on any atom is -0.294 e. The molecule has 1 saturated carbocycles. The molecule has 0 amide bonds. The number of rotatable bonds is 3. The van der Waals surface area contributed by atoms with Crippen molar-refractivity contribution in [2.45, 2.75) is 12.8 Å². The summed E-state index contributed by atoms with van der Waals surface area (Å²) in [5, 5.41) is 0. The first-order chi connectivity index (χ1) is 13.6. The maximum Gasteiger partial charge on any atom is 0.178 e. The zero-order valence-electron chi connectivity index (χ0n) is 15.4. The fraction of sp³-hybridized carbons (Fsp3) is 0.160. The number of aryl methyl sites for hydroxylation is 1. The maximum atomic E-state index is 13.4. The van der Waals surface area contributed by atoms with Crippen LogP contribution in [0.1, 0.15) is 48.1 Å². The Balaban J connectivity index is 1.67. The van der Waals surface area contributed by atoms with Crippen molar-refractivity contribution >= 4 is 17.3 Å². The molecule has 2 aliphatic rings. The second-order valence-corrected chi connectivity index (χ2v) is 7.67. The Morgan fingerprint density at radius 2 is 1.29 bits per heavy atom. The Hall–Kier alpha value is -3.33. The molecule has 0 N–H and O–H groups in total. The van der Waals surface area contributed by atoms with E-state index < -0.39 is 17.3 Å². The SMILES string of the molecule is Cc1ccc([C@H]2[C@H](C(=O)c3ccccc3)C23C(=O)c2ccccc2C3=O)cc1. The summed E-state index contributed by atoms with van der Waals surface area (Å²) < 4.78 is 0. The molecule has 28 heavy (non-hydrogen) atoms. The van der Waals surface area contributed by atoms with Crippen LogP contribution in [0.2, 0.25) is 0 Å². The van der Waals surface area contributed by atoms with Crippen LogP contribution in [0, 0.1) is 18.3 Å². The van der Waals surface area contributed by atoms with Crippen LogP contribution >= 0.6 is 0 Å². The smallest absolute Gasteiger partial charge is 0.178 e. The molecule has 3 aromatic carbocycles. The summed E-state index contributed by atoms with van der Waals surface area (Å²) in [7, 11) is 0. The van der Waals surface area contributed by atoms with Gasteiger partial charge in [0.1, 0.15) is 5.41 Å². The van der Waals surface area contributed by atoms with Gasteiger partial charge in [0.05, 0.1) is 5.92 Å². The van der Waals surface area contributed by atoms with E-state index in [2.05, 4.69) is 0 Å². The zero-order valence-corrected chi connectivity index (χ0v) is 15.4. The maximum absolute atomic E-state index is 13.4. The molecule has 1 spiro atoms. The second-order valence-electron chi connectivity index (χ2n) is 7.67. The van der Waals surface area contributed by atoms with E-state index >= 15 is 0 Å². The molecule has 0 aromatic heterocycles. The molecular weight excluding hydrogens is 348 g/mol. The summed E-state index contributed by atoms with van der Waals surface area (Å²) in [6, 6.07) is 23.6. The summed E-state index contributed by atoms with van der Waals surface area (Å²) >= 11 is 0. The summed E-state index contributed by atoms with van der Waals surface area (Å²) in [5.41, 5.74) is 2.08. The number of hydrogen-bond acceptors (Lipinski definition) is 3. The van der Waals surface area contributed by atoms with Gasteiger partial charge in [-0.15, -0.1) is 0 Å². The third-order valence-corrected chi connectivity index (χ3v) is 6.15. The van der Waals surface area contributed by atoms with Crippen molar-refractivity contribution in [1.82, 2.24) is 0 Å². The van der Waals surface area contributed by atoms with Crippen molar-refractivity contribution in [1.29, 1.82) is 0 Å². The van der Waals surface area contributed by atoms with Crippen molar-refractivity contribution < 1.29 is 14.4 Å². The monoisotopic (exact) mass is 366 g/mol. The molecule has 0 radical (unpaired) electrons. The first-order valence-corrected chi connectivity index (χ1v) is 9.41. The van der Waals surface area contributed by atoms with Crippen molar-refractivity contribution in [3.05, 3.63) is 107 Å². The topological polar surface area (TPSA) is 51.2 Å². The molecule has 2 atom stereocenters. The lowest BCUT2D eigenvalue weighted by Crippen LogP contribution is -2.23. The normalized spacial score (nSPS) is 21.6. The molecule has 5 rings (SSSR count). The van der Waals surface area contributed by atoms with Crippen LogP contribution < -0.4 is 0 Å². The molecule has 136 valence electrons. The fourth-order valence-electron chi connectivity index (χ4n) is 4.75. The molecule has 0 aliphatic heterocycles. The van der Waals surface area contributed by atoms with Crippen molar-refractivity contribution in [2.75, 3.05) is 0 Å². The third kappa shape index (κ3) is 2.07. The minimum atomic E-state index is -1.30. The van der Waals surface area contributed by atoms with Gasteiger partial charge >= 0.3 is 0 Å². The van der Waals surface area contributed by atoms with E-state index in [9.17, 15) is 14.4 Å². The highest BCUT2D eigenvalue weighted by molar-refractivity contribution is 6.35. The first-order valence-electron chi connectivity index (χ1n) is 9.41. The number of carbonyl (C=O) groups excluding carboxylic acids is 3. The predicted molar refractivity (Wildman–Crippen MR) is 106 cm³/mol. The van der Waals surface area contributed by atoms with Gasteiger partial charge in [-0.1, -0.05) is 84.4 Å². The molecule has 1 fully saturated rings. The molecule has 0 heterocycles. The van der Waals surface area contributed by atoms with Gasteiger partial charge in [0.25, 0.3) is 0 Å². The van der Waals surface area contributed by atoms with Crippen molar-refractivity contribution in [3.63, 3.8) is 0 Å². The van der Waals surface area contributed by atoms with Gasteiger partial charge < -0.3 is 0 Å². The molecule has 3 aromatic rings. The van der Waals surface area contributed by atoms with Gasteiger partial charge in [0.2, 0.25) is 0 Å². The quantitative estimate of drug-likeness (QED) is 0.500. The lowest BCUT2D eigenvalue weighted by atomic mass is 9.91. The molecule has 2 aliphatic carbocycles. The third-order valence-electron chi connectivity index (χ3n) is 6.15. The molecule has 0 unspecified atom stereocenters. The van der Waals surface area contributed by atoms with E-state index in [0.29, 0.717) is 16.7 Å². The highest BCUT2D eigenvalue weighted by Gasteiger charge is 2.78. The number of fused-ring (bicyclic) bond motifs is 1. The Labute approximate surface area is 163 Å². The highest BCUT2D eigenvalue weighted by atomic mass is 16.2. The molecular formula is C25H18O3. The Bertz CT molecular complexity index is 1090. The predicted octanol–water partition coefficient (Wildman–Crippen LogP) is 4.66. The Morgan fingerprint density at radius 3 is 1.86 bits per heavy atom. The average Bonchev–Trinajstić information content (AvgIpc) is 3.38. The average molecular weight is 366 g/mol. The minimum absolute atomic E-state index is 0.138. The lowest BCUT2D eigenvalue weighted by Gasteiger charge is -2.07. The lowest BCUT2D eigenvalue weighted by molar-refractivity contribution is 0.0764. The summed E-state index contributed by atoms with van der Waals surface area (Å²) in [6.45, 7) is 1.99. The van der Waals surface area contributed by atoms with Crippen molar-refractivity contribution in [3.8, 4) is 0 Å². The summed E-state index contributed by atoms with van der Waals surface area (Å²) in [6.07, 6.45) is 0. The van der Waals surface area contributed by atoms with Gasteiger partial charge in [0.15, 0.2) is 17.3 Å². The number of hydrogen-bond donors (Lipinski definition) is 0. The molecule has 0 saturated heterocycles. The Kier molecular flexibility index (Phi) is 3.50. The van der Waals surface area contributed by atoms with Gasteiger partial charge in [-0.2, -0.15) is 0 Å². The second kappa shape index (κ2) is 5.83. The fourth-order valence-corrected chi connectivity index (χ4v) is 4.75. The van der Waals surface area contributed by atoms with E-state index in [1.165, 1.54) is 0 Å². The van der Waals surface area contributed by atoms with E-state index in [0.717, 1.165) is 11.1 Å². The van der Waals surface area contributed by atoms with Crippen LogP contribution in [0.4, 0.5) is 0 Å². The number of Topliss-reactive ketones (excluding diaryl/α,β-unsaturated/α-hetero) is 3. The number of carbonyl (C=O) groups is 3. The molecule has 0 bridgehead atoms. The van der Waals surface area contributed by atoms with Crippen LogP contribution in [0.15, 0.2) is 78.9 Å². The van der Waals surface area contributed by atoms with Crippen molar-refractivity contribution in [2.24, 2.45) is 11.3 Å². The first kappa shape index (κ1) is 16.8. The van der Waals surface area contributed by atoms with Crippen LogP contribution in [0.5, 0.6) is 0 Å². The van der Waals surface area contributed by atoms with E-state index in [1.807, 2.05) is 37.3 Å². The van der Waals surface area contributed by atoms with Gasteiger partial charge in [0, 0.05) is 22.6 Å². The van der Waals surface area contributed by atoms with E-state index in [-0.39, 0.29) is 17.3 Å². The van der Waals surface area contributed by atoms with Crippen LogP contribution in [-0.2, 0) is 0 Å². The summed E-state index contributed by atoms with van der Waals surface area (Å²) in [5.74, 6) is -1.65. The van der Waals surface area contributed by atoms with Gasteiger partial charge in [-0.25, -0.2) is 0 Å². The van der Waals surface area contributed by atoms with E-state index in [4.69, 9.17) is 0 Å². The zero-order chi connectivity index (χ0) is 19.5. The van der Waals surface area contributed by atoms with E-state index in [1.54, 1.807) is 48.5 Å². The highest BCUT2D eigenvalue weighted by Crippen LogP contribution is 2.70. The number of benzene rings is 3. The van der Waals surface area contributed by atoms with Crippen LogP contribution in [0.25, 0.3) is 0 Å². The number of ketones is 3. The summed E-state index contributed by atoms with van der Waals surface area (Å²) in [4.78, 5) is 40.2. The van der Waals surface area contributed by atoms with Gasteiger partial charge in [-0.3, -0.25) is 14.4 Å². The van der Waals surface area contributed by atoms with Crippen LogP contribution in [0.3, 0.4) is 0 Å². The molecule has 3 nitrogen and oxygen atoms in total. The Morgan fingerprint density at radius 1 is 0.750 bits per heavy atom. The largest absolute Gasteiger partial charge is 0.294 e. The standard InChI is InChI=1S/C25H18O3/c1-15-11-13-16(14-12-15)20-21(22(26)17-7-3-2-4-8-17)25(20)23(27)18-9-5-6-10-19(18)24(25)28/h2-14,20-21H,1H3/t20-,21+/m0/s1. The molecule has 3 heteroatoms. The van der Waals surface area contributed by atoms with Gasteiger partial charge in [-0.05, 0) is 12.5 Å². The van der Waals surface area contributed by atoms with Crippen LogP contribution in [-0.4, -0.2) is 17.3 Å².